The Morgan fingerprint density at radius 2 is 2.00 bits per heavy atom. The molecule has 3 heteroatoms. The summed E-state index contributed by atoms with van der Waals surface area (Å²) in [6, 6.07) is 4.03. The van der Waals surface area contributed by atoms with Gasteiger partial charge in [-0.25, -0.2) is 0 Å². The lowest BCUT2D eigenvalue weighted by Gasteiger charge is -2.24. The number of ether oxygens (including phenoxy) is 1. The number of hydrogen-bond donors (Lipinski definition) is 1. The molecule has 0 spiro atoms. The summed E-state index contributed by atoms with van der Waals surface area (Å²) in [6.07, 6.45) is 6.97. The van der Waals surface area contributed by atoms with E-state index in [2.05, 4.69) is 6.07 Å². The average molecular weight is 269 g/mol. The van der Waals surface area contributed by atoms with Crippen LogP contribution >= 0.6 is 11.6 Å². The summed E-state index contributed by atoms with van der Waals surface area (Å²) in [7, 11) is 1.68. The lowest BCUT2D eigenvalue weighted by molar-refractivity contribution is 0.296. The molecule has 18 heavy (non-hydrogen) atoms. The zero-order valence-electron chi connectivity index (χ0n) is 10.9. The number of aliphatic hydroxyl groups is 1. The Balaban J connectivity index is 2.29. The molecule has 0 aliphatic heterocycles. The highest BCUT2D eigenvalue weighted by molar-refractivity contribution is 6.31. The summed E-state index contributed by atoms with van der Waals surface area (Å²) in [6.45, 7) is 0.121. The van der Waals surface area contributed by atoms with Gasteiger partial charge in [-0.1, -0.05) is 30.9 Å². The number of methoxy groups -OCH3 is 1. The second kappa shape index (κ2) is 6.44. The maximum absolute atomic E-state index is 9.05. The van der Waals surface area contributed by atoms with Crippen molar-refractivity contribution in [3.8, 4) is 5.75 Å². The van der Waals surface area contributed by atoms with Gasteiger partial charge in [0.2, 0.25) is 0 Å². The molecule has 1 aliphatic carbocycles. The number of aliphatic hydroxyl groups excluding tert-OH is 1. The van der Waals surface area contributed by atoms with Gasteiger partial charge in [-0.05, 0) is 48.4 Å². The van der Waals surface area contributed by atoms with Crippen molar-refractivity contribution in [3.05, 3.63) is 28.3 Å². The second-order valence-electron chi connectivity index (χ2n) is 4.99. The molecule has 0 atom stereocenters. The van der Waals surface area contributed by atoms with Crippen molar-refractivity contribution >= 4 is 11.6 Å². The van der Waals surface area contributed by atoms with E-state index in [-0.39, 0.29) is 6.61 Å². The molecule has 1 fully saturated rings. The van der Waals surface area contributed by atoms with Crippen LogP contribution in [0, 0.1) is 0 Å². The zero-order valence-corrected chi connectivity index (χ0v) is 11.7. The van der Waals surface area contributed by atoms with E-state index < -0.39 is 0 Å². The molecular weight excluding hydrogens is 248 g/mol. The minimum absolute atomic E-state index is 0.121. The summed E-state index contributed by atoms with van der Waals surface area (Å²) in [5, 5.41) is 9.88. The molecule has 1 aromatic rings. The molecule has 1 saturated carbocycles. The minimum Gasteiger partial charge on any atom is -0.496 e. The van der Waals surface area contributed by atoms with Gasteiger partial charge in [0, 0.05) is 11.6 Å². The smallest absolute Gasteiger partial charge is 0.122 e. The molecule has 2 nitrogen and oxygen atoms in total. The van der Waals surface area contributed by atoms with E-state index in [0.717, 1.165) is 16.3 Å². The first kappa shape index (κ1) is 13.7. The summed E-state index contributed by atoms with van der Waals surface area (Å²) >= 11 is 6.39. The number of benzene rings is 1. The van der Waals surface area contributed by atoms with Gasteiger partial charge in [0.05, 0.1) is 7.11 Å². The third-order valence-corrected chi connectivity index (χ3v) is 4.15. The first-order valence-electron chi connectivity index (χ1n) is 6.73. The van der Waals surface area contributed by atoms with E-state index >= 15 is 0 Å². The number of rotatable bonds is 4. The minimum atomic E-state index is 0.121. The molecule has 1 aromatic carbocycles. The Bertz CT molecular complexity index is 398. The van der Waals surface area contributed by atoms with Crippen LogP contribution < -0.4 is 4.74 Å². The van der Waals surface area contributed by atoms with Crippen molar-refractivity contribution in [1.82, 2.24) is 0 Å². The largest absolute Gasteiger partial charge is 0.496 e. The van der Waals surface area contributed by atoms with Crippen molar-refractivity contribution < 1.29 is 9.84 Å². The van der Waals surface area contributed by atoms with Gasteiger partial charge in [0.25, 0.3) is 0 Å². The van der Waals surface area contributed by atoms with Crippen LogP contribution in [0.25, 0.3) is 0 Å². The van der Waals surface area contributed by atoms with Crippen LogP contribution in [-0.2, 0) is 6.42 Å². The van der Waals surface area contributed by atoms with Crippen LogP contribution in [0.3, 0.4) is 0 Å². The summed E-state index contributed by atoms with van der Waals surface area (Å²) in [5.74, 6) is 1.43. The van der Waals surface area contributed by atoms with Crippen molar-refractivity contribution in [2.45, 2.75) is 44.4 Å². The molecule has 0 bridgehead atoms. The van der Waals surface area contributed by atoms with Crippen LogP contribution in [0.5, 0.6) is 5.75 Å². The fourth-order valence-electron chi connectivity index (χ4n) is 2.84. The SMILES string of the molecule is COc1cc(C2CCCCC2)c(Cl)cc1CCO. The lowest BCUT2D eigenvalue weighted by atomic mass is 9.83. The van der Waals surface area contributed by atoms with Gasteiger partial charge < -0.3 is 9.84 Å². The van der Waals surface area contributed by atoms with Gasteiger partial charge in [-0.15, -0.1) is 0 Å². The quantitative estimate of drug-likeness (QED) is 0.897. The summed E-state index contributed by atoms with van der Waals surface area (Å²) in [5.41, 5.74) is 2.21. The fraction of sp³-hybridized carbons (Fsp3) is 0.600. The first-order valence-corrected chi connectivity index (χ1v) is 7.11. The molecule has 0 aromatic heterocycles. The van der Waals surface area contributed by atoms with Crippen molar-refractivity contribution in [3.63, 3.8) is 0 Å². The van der Waals surface area contributed by atoms with Crippen LogP contribution in [0.15, 0.2) is 12.1 Å². The highest BCUT2D eigenvalue weighted by Crippen LogP contribution is 2.39. The Kier molecular flexibility index (Phi) is 4.90. The first-order chi connectivity index (χ1) is 8.76. The van der Waals surface area contributed by atoms with Gasteiger partial charge in [0.1, 0.15) is 5.75 Å². The summed E-state index contributed by atoms with van der Waals surface area (Å²) in [4.78, 5) is 0. The van der Waals surface area contributed by atoms with Crippen molar-refractivity contribution in [2.24, 2.45) is 0 Å². The molecule has 1 aliphatic rings. The van der Waals surface area contributed by atoms with Gasteiger partial charge in [0.15, 0.2) is 0 Å². The number of halogens is 1. The highest BCUT2D eigenvalue weighted by atomic mass is 35.5. The van der Waals surface area contributed by atoms with Crippen LogP contribution in [-0.4, -0.2) is 18.8 Å². The molecule has 1 N–H and O–H groups in total. The van der Waals surface area contributed by atoms with Crippen molar-refractivity contribution in [1.29, 1.82) is 0 Å². The fourth-order valence-corrected chi connectivity index (χ4v) is 3.18. The van der Waals surface area contributed by atoms with Crippen LogP contribution in [0.4, 0.5) is 0 Å². The topological polar surface area (TPSA) is 29.5 Å². The normalized spacial score (nSPS) is 16.8. The summed E-state index contributed by atoms with van der Waals surface area (Å²) < 4.78 is 5.41. The maximum Gasteiger partial charge on any atom is 0.122 e. The molecule has 0 saturated heterocycles. The average Bonchev–Trinajstić information content (AvgIpc) is 2.40. The molecule has 0 heterocycles. The van der Waals surface area contributed by atoms with Crippen molar-refractivity contribution in [2.75, 3.05) is 13.7 Å². The van der Waals surface area contributed by atoms with Gasteiger partial charge in [-0.2, -0.15) is 0 Å². The monoisotopic (exact) mass is 268 g/mol. The Labute approximate surface area is 114 Å². The van der Waals surface area contributed by atoms with E-state index in [1.165, 1.54) is 37.7 Å². The Hall–Kier alpha value is -0.730. The highest BCUT2D eigenvalue weighted by Gasteiger charge is 2.20. The van der Waals surface area contributed by atoms with E-state index in [9.17, 15) is 0 Å². The standard InChI is InChI=1S/C15H21ClO2/c1-18-15-10-13(11-5-3-2-4-6-11)14(16)9-12(15)7-8-17/h9-11,17H,2-8H2,1H3. The molecule has 0 unspecified atom stereocenters. The second-order valence-corrected chi connectivity index (χ2v) is 5.40. The molecule has 100 valence electrons. The van der Waals surface area contributed by atoms with E-state index in [4.69, 9.17) is 21.4 Å². The van der Waals surface area contributed by atoms with E-state index in [1.54, 1.807) is 7.11 Å². The van der Waals surface area contributed by atoms with Crippen LogP contribution in [0.2, 0.25) is 5.02 Å². The third kappa shape index (κ3) is 2.99. The molecule has 2 rings (SSSR count). The van der Waals surface area contributed by atoms with E-state index in [1.807, 2.05) is 6.07 Å². The number of hydrogen-bond acceptors (Lipinski definition) is 2. The van der Waals surface area contributed by atoms with Gasteiger partial charge in [-0.3, -0.25) is 0 Å². The van der Waals surface area contributed by atoms with Gasteiger partial charge >= 0.3 is 0 Å². The lowest BCUT2D eigenvalue weighted by Crippen LogP contribution is -2.06. The predicted octanol–water partition coefficient (Wildman–Crippen LogP) is 3.93. The Morgan fingerprint density at radius 3 is 2.61 bits per heavy atom. The third-order valence-electron chi connectivity index (χ3n) is 3.83. The van der Waals surface area contributed by atoms with E-state index in [0.29, 0.717) is 12.3 Å². The zero-order chi connectivity index (χ0) is 13.0. The molecule has 0 radical (unpaired) electrons. The Morgan fingerprint density at radius 1 is 1.28 bits per heavy atom. The molecule has 0 amide bonds. The predicted molar refractivity (Wildman–Crippen MR) is 74.6 cm³/mol. The van der Waals surface area contributed by atoms with Crippen LogP contribution in [0.1, 0.15) is 49.1 Å². The maximum atomic E-state index is 9.05. The molecular formula is C15H21ClO2.